The number of benzene rings is 2. The molecule has 3 rings (SSSR count). The predicted molar refractivity (Wildman–Crippen MR) is 113 cm³/mol. The summed E-state index contributed by atoms with van der Waals surface area (Å²) in [6.45, 7) is 4.53. The van der Waals surface area contributed by atoms with E-state index in [9.17, 15) is 23.3 Å². The lowest BCUT2D eigenvalue weighted by molar-refractivity contribution is -0.384. The van der Waals surface area contributed by atoms with E-state index in [0.717, 1.165) is 0 Å². The molecule has 0 atom stereocenters. The number of nitrogens with zero attached hydrogens (tertiary/aromatic N) is 3. The third-order valence-corrected chi connectivity index (χ3v) is 4.13. The zero-order valence-electron chi connectivity index (χ0n) is 17.2. The molecule has 1 heterocycles. The van der Waals surface area contributed by atoms with Gasteiger partial charge in [0.15, 0.2) is 0 Å². The predicted octanol–water partition coefficient (Wildman–Crippen LogP) is 5.93. The molecule has 0 radical (unpaired) electrons. The van der Waals surface area contributed by atoms with Crippen LogP contribution in [-0.2, 0) is 6.18 Å². The molecule has 0 saturated carbocycles. The molecule has 0 aliphatic rings. The van der Waals surface area contributed by atoms with E-state index in [4.69, 9.17) is 4.74 Å². The van der Waals surface area contributed by atoms with Gasteiger partial charge in [0, 0.05) is 29.7 Å². The maximum Gasteiger partial charge on any atom is 0.421 e. The topological polar surface area (TPSA) is 102 Å². The van der Waals surface area contributed by atoms with Crippen LogP contribution in [0.5, 0.6) is 5.75 Å². The Morgan fingerprint density at radius 2 is 1.62 bits per heavy atom. The molecular weight excluding hydrogens is 427 g/mol. The summed E-state index contributed by atoms with van der Waals surface area (Å²) in [4.78, 5) is 17.9. The zero-order chi connectivity index (χ0) is 23.3. The van der Waals surface area contributed by atoms with Crippen molar-refractivity contribution in [2.24, 2.45) is 5.92 Å². The van der Waals surface area contributed by atoms with E-state index in [-0.39, 0.29) is 11.6 Å². The molecule has 0 aliphatic carbocycles. The molecule has 11 heteroatoms. The van der Waals surface area contributed by atoms with Gasteiger partial charge in [0.1, 0.15) is 17.1 Å². The molecule has 1 aromatic heterocycles. The highest BCUT2D eigenvalue weighted by atomic mass is 19.4. The van der Waals surface area contributed by atoms with E-state index in [0.29, 0.717) is 35.8 Å². The molecule has 0 bridgehead atoms. The van der Waals surface area contributed by atoms with Gasteiger partial charge in [0.05, 0.1) is 11.5 Å². The molecule has 8 nitrogen and oxygen atoms in total. The summed E-state index contributed by atoms with van der Waals surface area (Å²) in [6.07, 6.45) is -4.00. The summed E-state index contributed by atoms with van der Waals surface area (Å²) in [5.74, 6) is 0.396. The number of ether oxygens (including phenoxy) is 1. The first-order valence-corrected chi connectivity index (χ1v) is 9.57. The summed E-state index contributed by atoms with van der Waals surface area (Å²) < 4.78 is 45.9. The summed E-state index contributed by atoms with van der Waals surface area (Å²) in [5.41, 5.74) is -0.390. The van der Waals surface area contributed by atoms with Crippen LogP contribution in [0.1, 0.15) is 19.4 Å². The van der Waals surface area contributed by atoms with Crippen LogP contribution >= 0.6 is 0 Å². The highest BCUT2D eigenvalue weighted by molar-refractivity contribution is 5.63. The Labute approximate surface area is 181 Å². The molecule has 3 aromatic rings. The average molecular weight is 447 g/mol. The molecule has 0 aliphatic heterocycles. The molecule has 0 fully saturated rings. The molecular formula is C21H20F3N5O3. The van der Waals surface area contributed by atoms with Crippen LogP contribution in [0.3, 0.4) is 0 Å². The lowest BCUT2D eigenvalue weighted by Gasteiger charge is -2.15. The molecule has 0 amide bonds. The molecule has 0 saturated heterocycles. The Bertz CT molecular complexity index is 1070. The van der Waals surface area contributed by atoms with Crippen LogP contribution in [0.2, 0.25) is 0 Å². The van der Waals surface area contributed by atoms with Gasteiger partial charge in [0.2, 0.25) is 5.95 Å². The van der Waals surface area contributed by atoms with Crippen molar-refractivity contribution in [1.82, 2.24) is 9.97 Å². The SMILES string of the molecule is CC(C)COc1ccc(Nc2nc(Nc3ccc([N+](=O)[O-])cc3)ncc2C(F)(F)F)cc1. The maximum atomic E-state index is 13.4. The van der Waals surface area contributed by atoms with Crippen LogP contribution in [0, 0.1) is 16.0 Å². The first kappa shape index (κ1) is 22.8. The number of halogens is 3. The van der Waals surface area contributed by atoms with E-state index in [1.54, 1.807) is 24.3 Å². The Morgan fingerprint density at radius 1 is 1.03 bits per heavy atom. The van der Waals surface area contributed by atoms with E-state index in [1.807, 2.05) is 13.8 Å². The van der Waals surface area contributed by atoms with Crippen molar-refractivity contribution in [1.29, 1.82) is 0 Å². The number of alkyl halides is 3. The minimum atomic E-state index is -4.67. The third kappa shape index (κ3) is 6.06. The van der Waals surface area contributed by atoms with E-state index in [1.165, 1.54) is 24.3 Å². The monoisotopic (exact) mass is 447 g/mol. The zero-order valence-corrected chi connectivity index (χ0v) is 17.2. The average Bonchev–Trinajstić information content (AvgIpc) is 2.73. The first-order chi connectivity index (χ1) is 15.1. The Balaban J connectivity index is 1.82. The summed E-state index contributed by atoms with van der Waals surface area (Å²) >= 11 is 0. The standard InChI is InChI=1S/C21H20F3N5O3/c1-13(2)12-32-17-9-5-14(6-10-17)26-19-18(21(22,23)24)11-25-20(28-19)27-15-3-7-16(8-4-15)29(30)31/h3-11,13H,12H2,1-2H3,(H2,25,26,27,28). The fraction of sp³-hybridized carbons (Fsp3) is 0.238. The van der Waals surface area contributed by atoms with Crippen molar-refractivity contribution in [2.45, 2.75) is 20.0 Å². The van der Waals surface area contributed by atoms with Crippen LogP contribution in [0.15, 0.2) is 54.7 Å². The number of non-ortho nitro benzene ring substituents is 1. The fourth-order valence-electron chi connectivity index (χ4n) is 2.57. The van der Waals surface area contributed by atoms with Crippen LogP contribution in [-0.4, -0.2) is 21.5 Å². The summed E-state index contributed by atoms with van der Waals surface area (Å²) in [5, 5.41) is 16.1. The van der Waals surface area contributed by atoms with Gasteiger partial charge in [-0.1, -0.05) is 13.8 Å². The number of nitrogens with one attached hydrogen (secondary N) is 2. The van der Waals surface area contributed by atoms with Crippen molar-refractivity contribution in [3.05, 3.63) is 70.4 Å². The second kappa shape index (κ2) is 9.50. The lowest BCUT2D eigenvalue weighted by atomic mass is 10.2. The Hall–Kier alpha value is -3.89. The maximum absolute atomic E-state index is 13.4. The van der Waals surface area contributed by atoms with Crippen molar-refractivity contribution in [3.63, 3.8) is 0 Å². The minimum Gasteiger partial charge on any atom is -0.493 e. The summed E-state index contributed by atoms with van der Waals surface area (Å²) in [6, 6.07) is 11.8. The van der Waals surface area contributed by atoms with Gasteiger partial charge in [-0.25, -0.2) is 4.98 Å². The van der Waals surface area contributed by atoms with Gasteiger partial charge in [-0.05, 0) is 42.3 Å². The van der Waals surface area contributed by atoms with Gasteiger partial charge in [-0.15, -0.1) is 0 Å². The van der Waals surface area contributed by atoms with Crippen LogP contribution in [0.4, 0.5) is 42.0 Å². The van der Waals surface area contributed by atoms with Gasteiger partial charge in [-0.2, -0.15) is 18.2 Å². The number of nitro benzene ring substituents is 1. The van der Waals surface area contributed by atoms with Crippen LogP contribution < -0.4 is 15.4 Å². The first-order valence-electron chi connectivity index (χ1n) is 9.57. The van der Waals surface area contributed by atoms with E-state index < -0.39 is 22.5 Å². The van der Waals surface area contributed by atoms with Gasteiger partial charge < -0.3 is 15.4 Å². The Kier molecular flexibility index (Phi) is 6.76. The van der Waals surface area contributed by atoms with Crippen molar-refractivity contribution in [2.75, 3.05) is 17.2 Å². The minimum absolute atomic E-state index is 0.105. The molecule has 2 N–H and O–H groups in total. The van der Waals surface area contributed by atoms with Crippen LogP contribution in [0.25, 0.3) is 0 Å². The molecule has 0 unspecified atom stereocenters. The van der Waals surface area contributed by atoms with Crippen molar-refractivity contribution >= 4 is 28.8 Å². The lowest BCUT2D eigenvalue weighted by Crippen LogP contribution is -2.12. The second-order valence-corrected chi connectivity index (χ2v) is 7.24. The third-order valence-electron chi connectivity index (χ3n) is 4.13. The number of aromatic nitrogens is 2. The fourth-order valence-corrected chi connectivity index (χ4v) is 2.57. The normalized spacial score (nSPS) is 11.3. The largest absolute Gasteiger partial charge is 0.493 e. The smallest absolute Gasteiger partial charge is 0.421 e. The quantitative estimate of drug-likeness (QED) is 0.326. The van der Waals surface area contributed by atoms with Gasteiger partial charge in [0.25, 0.3) is 5.69 Å². The second-order valence-electron chi connectivity index (χ2n) is 7.24. The van der Waals surface area contributed by atoms with Gasteiger partial charge >= 0.3 is 6.18 Å². The number of hydrogen-bond donors (Lipinski definition) is 2. The molecule has 0 spiro atoms. The van der Waals surface area contributed by atoms with Gasteiger partial charge in [-0.3, -0.25) is 10.1 Å². The summed E-state index contributed by atoms with van der Waals surface area (Å²) in [7, 11) is 0. The molecule has 168 valence electrons. The highest BCUT2D eigenvalue weighted by Crippen LogP contribution is 2.35. The molecule has 32 heavy (non-hydrogen) atoms. The van der Waals surface area contributed by atoms with Crippen molar-refractivity contribution in [3.8, 4) is 5.75 Å². The van der Waals surface area contributed by atoms with Crippen molar-refractivity contribution < 1.29 is 22.8 Å². The number of anilines is 4. The van der Waals surface area contributed by atoms with E-state index >= 15 is 0 Å². The number of rotatable bonds is 8. The number of hydrogen-bond acceptors (Lipinski definition) is 7. The number of nitro groups is 1. The Morgan fingerprint density at radius 3 is 2.19 bits per heavy atom. The van der Waals surface area contributed by atoms with E-state index in [2.05, 4.69) is 20.6 Å². The highest BCUT2D eigenvalue weighted by Gasteiger charge is 2.35. The molecule has 2 aromatic carbocycles.